The predicted molar refractivity (Wildman–Crippen MR) is 155 cm³/mol. The van der Waals surface area contributed by atoms with E-state index in [9.17, 15) is 4.79 Å². The summed E-state index contributed by atoms with van der Waals surface area (Å²) in [6.45, 7) is 0.422. The van der Waals surface area contributed by atoms with Gasteiger partial charge in [0.05, 0.1) is 23.8 Å². The molecule has 1 heterocycles. The molecule has 194 valence electrons. The summed E-state index contributed by atoms with van der Waals surface area (Å²) in [7, 11) is 3.66. The van der Waals surface area contributed by atoms with Crippen molar-refractivity contribution in [2.75, 3.05) is 14.2 Å². The van der Waals surface area contributed by atoms with Crippen LogP contribution < -0.4 is 10.1 Å². The van der Waals surface area contributed by atoms with E-state index in [1.807, 2.05) is 72.6 Å². The number of thiophene rings is 1. The molecule has 1 aromatic heterocycles. The number of benzene rings is 3. The van der Waals surface area contributed by atoms with Gasteiger partial charge in [0.25, 0.3) is 5.91 Å². The number of hydrogen-bond acceptors (Lipinski definition) is 5. The van der Waals surface area contributed by atoms with E-state index in [2.05, 4.69) is 17.5 Å². The normalized spacial score (nSPS) is 17.2. The van der Waals surface area contributed by atoms with E-state index in [4.69, 9.17) is 21.6 Å². The highest BCUT2D eigenvalue weighted by Crippen LogP contribution is 2.38. The Morgan fingerprint density at radius 1 is 1.08 bits per heavy atom. The smallest absolute Gasteiger partial charge is 0.266 e. The van der Waals surface area contributed by atoms with Crippen LogP contribution in [0.15, 0.2) is 66.7 Å². The van der Waals surface area contributed by atoms with Crippen molar-refractivity contribution >= 4 is 38.9 Å². The van der Waals surface area contributed by atoms with Gasteiger partial charge in [0, 0.05) is 34.3 Å². The molecule has 38 heavy (non-hydrogen) atoms. The van der Waals surface area contributed by atoms with Crippen LogP contribution in [0.4, 0.5) is 0 Å². The number of nitrogens with one attached hydrogen (secondary N) is 1. The Morgan fingerprint density at radius 3 is 2.45 bits per heavy atom. The lowest BCUT2D eigenvalue weighted by atomic mass is 9.89. The average Bonchev–Trinajstić information content (AvgIpc) is 3.32. The summed E-state index contributed by atoms with van der Waals surface area (Å²) < 4.78 is 6.75. The maximum atomic E-state index is 14.2. The molecule has 3 aromatic carbocycles. The van der Waals surface area contributed by atoms with E-state index in [0.29, 0.717) is 28.0 Å². The maximum absolute atomic E-state index is 14.2. The predicted octanol–water partition coefficient (Wildman–Crippen LogP) is 7.27. The van der Waals surface area contributed by atoms with Crippen LogP contribution in [0.3, 0.4) is 0 Å². The molecule has 7 heteroatoms. The Kier molecular flexibility index (Phi) is 7.99. The number of nitriles is 1. The molecule has 5 nitrogen and oxygen atoms in total. The molecular weight excluding hydrogens is 514 g/mol. The fourth-order valence-corrected chi connectivity index (χ4v) is 6.80. The first-order valence-corrected chi connectivity index (χ1v) is 14.0. The molecule has 1 amide bonds. The molecule has 0 radical (unpaired) electrons. The number of halogens is 1. The van der Waals surface area contributed by atoms with E-state index in [-0.39, 0.29) is 11.9 Å². The van der Waals surface area contributed by atoms with E-state index < -0.39 is 0 Å². The van der Waals surface area contributed by atoms with Crippen LogP contribution in [0.2, 0.25) is 5.02 Å². The largest absolute Gasteiger partial charge is 0.496 e. The maximum Gasteiger partial charge on any atom is 0.266 e. The number of amides is 1. The SMILES string of the molecule is CN[C@H]1CC[C@H](N(Cc2cc(-c3ccc(C#N)cc3)ccc2OC)C(=O)c2sc3ccccc3c2Cl)CC1. The zero-order chi connectivity index (χ0) is 26.6. The molecule has 1 N–H and O–H groups in total. The number of methoxy groups -OCH3 is 1. The zero-order valence-corrected chi connectivity index (χ0v) is 23.1. The van der Waals surface area contributed by atoms with Crippen LogP contribution in [0.5, 0.6) is 5.75 Å². The average molecular weight is 544 g/mol. The molecule has 0 saturated heterocycles. The van der Waals surface area contributed by atoms with Gasteiger partial charge in [-0.15, -0.1) is 11.3 Å². The fourth-order valence-electron chi connectivity index (χ4n) is 5.33. The van der Waals surface area contributed by atoms with Gasteiger partial charge >= 0.3 is 0 Å². The second kappa shape index (κ2) is 11.6. The fraction of sp³-hybridized carbons (Fsp3) is 0.290. The van der Waals surface area contributed by atoms with Crippen LogP contribution in [-0.4, -0.2) is 37.0 Å². The van der Waals surface area contributed by atoms with E-state index in [1.165, 1.54) is 11.3 Å². The summed E-state index contributed by atoms with van der Waals surface area (Å²) in [6, 6.07) is 24.2. The van der Waals surface area contributed by atoms with E-state index >= 15 is 0 Å². The first-order valence-electron chi connectivity index (χ1n) is 12.8. The van der Waals surface area contributed by atoms with Crippen molar-refractivity contribution in [2.24, 2.45) is 0 Å². The van der Waals surface area contributed by atoms with Gasteiger partial charge in [-0.2, -0.15) is 5.26 Å². The number of carbonyl (C=O) groups is 1. The topological polar surface area (TPSA) is 65.4 Å². The van der Waals surface area contributed by atoms with Crippen molar-refractivity contribution in [1.82, 2.24) is 10.2 Å². The van der Waals surface area contributed by atoms with Crippen LogP contribution in [0.25, 0.3) is 21.2 Å². The Bertz CT molecular complexity index is 1480. The lowest BCUT2D eigenvalue weighted by Gasteiger charge is -2.37. The van der Waals surface area contributed by atoms with Crippen molar-refractivity contribution in [3.05, 3.63) is 87.8 Å². The highest BCUT2D eigenvalue weighted by Gasteiger charge is 2.32. The second-order valence-electron chi connectivity index (χ2n) is 9.68. The van der Waals surface area contributed by atoms with Gasteiger partial charge in [0.15, 0.2) is 0 Å². The summed E-state index contributed by atoms with van der Waals surface area (Å²) in [5.74, 6) is 0.710. The first-order chi connectivity index (χ1) is 18.5. The molecule has 0 bridgehead atoms. The molecule has 0 atom stereocenters. The molecule has 1 aliphatic rings. The summed E-state index contributed by atoms with van der Waals surface area (Å²) in [5, 5.41) is 14.0. The number of ether oxygens (including phenoxy) is 1. The highest BCUT2D eigenvalue weighted by atomic mass is 35.5. The Hall–Kier alpha value is -3.37. The zero-order valence-electron chi connectivity index (χ0n) is 21.5. The molecule has 1 fully saturated rings. The first kappa shape index (κ1) is 26.2. The van der Waals surface area contributed by atoms with E-state index in [1.54, 1.807) is 7.11 Å². The minimum atomic E-state index is -0.0325. The van der Waals surface area contributed by atoms with E-state index in [0.717, 1.165) is 58.2 Å². The third-order valence-electron chi connectivity index (χ3n) is 7.50. The summed E-state index contributed by atoms with van der Waals surface area (Å²) >= 11 is 8.24. The quantitative estimate of drug-likeness (QED) is 0.266. The minimum Gasteiger partial charge on any atom is -0.496 e. The van der Waals surface area contributed by atoms with Crippen molar-refractivity contribution in [3.8, 4) is 22.9 Å². The Labute approximate surface area is 232 Å². The van der Waals surface area contributed by atoms with Crippen LogP contribution in [-0.2, 0) is 6.54 Å². The second-order valence-corrected chi connectivity index (χ2v) is 11.1. The lowest BCUT2D eigenvalue weighted by molar-refractivity contribution is 0.0604. The standard InChI is InChI=1S/C31H30ClN3O2S/c1-34-24-12-14-25(15-13-24)35(31(36)30-29(32)26-5-3-4-6-28(26)38-30)19-23-17-22(11-16-27(23)37-2)21-9-7-20(18-33)8-10-21/h3-11,16-17,24-25,34H,12-15,19H2,1-2H3/t24-,25-. The number of hydrogen-bond donors (Lipinski definition) is 1. The van der Waals surface area contributed by atoms with Crippen molar-refractivity contribution in [1.29, 1.82) is 5.26 Å². The summed E-state index contributed by atoms with van der Waals surface area (Å²) in [5.41, 5.74) is 3.58. The van der Waals surface area contributed by atoms with Crippen LogP contribution in [0.1, 0.15) is 46.5 Å². The van der Waals surface area contributed by atoms with Gasteiger partial charge < -0.3 is 15.0 Å². The van der Waals surface area contributed by atoms with Crippen molar-refractivity contribution in [3.63, 3.8) is 0 Å². The molecule has 4 aromatic rings. The van der Waals surface area contributed by atoms with Crippen LogP contribution in [0, 0.1) is 11.3 Å². The van der Waals surface area contributed by atoms with Gasteiger partial charge in [-0.3, -0.25) is 4.79 Å². The lowest BCUT2D eigenvalue weighted by Crippen LogP contribution is -2.44. The van der Waals surface area contributed by atoms with Crippen molar-refractivity contribution in [2.45, 2.75) is 44.3 Å². The Balaban J connectivity index is 1.52. The number of nitrogens with zero attached hydrogens (tertiary/aromatic N) is 2. The Morgan fingerprint density at radius 2 is 1.79 bits per heavy atom. The van der Waals surface area contributed by atoms with Crippen LogP contribution >= 0.6 is 22.9 Å². The third kappa shape index (κ3) is 5.28. The van der Waals surface area contributed by atoms with Gasteiger partial charge in [-0.1, -0.05) is 48.0 Å². The molecule has 0 unspecified atom stereocenters. The summed E-state index contributed by atoms with van der Waals surface area (Å²) in [4.78, 5) is 16.8. The monoisotopic (exact) mass is 543 g/mol. The van der Waals surface area contributed by atoms with Gasteiger partial charge in [-0.25, -0.2) is 0 Å². The minimum absolute atomic E-state index is 0.0325. The van der Waals surface area contributed by atoms with Gasteiger partial charge in [0.2, 0.25) is 0 Å². The summed E-state index contributed by atoms with van der Waals surface area (Å²) in [6.07, 6.45) is 3.90. The molecule has 1 saturated carbocycles. The molecule has 0 spiro atoms. The molecule has 5 rings (SSSR count). The third-order valence-corrected chi connectivity index (χ3v) is 9.17. The molecular formula is C31H30ClN3O2S. The number of fused-ring (bicyclic) bond motifs is 1. The van der Waals surface area contributed by atoms with Gasteiger partial charge in [-0.05, 0) is 74.2 Å². The number of carbonyl (C=O) groups excluding carboxylic acids is 1. The number of rotatable bonds is 7. The van der Waals surface area contributed by atoms with Crippen molar-refractivity contribution < 1.29 is 9.53 Å². The van der Waals surface area contributed by atoms with Gasteiger partial charge in [0.1, 0.15) is 10.6 Å². The highest BCUT2D eigenvalue weighted by molar-refractivity contribution is 7.21. The molecule has 0 aliphatic heterocycles. The molecule has 1 aliphatic carbocycles.